The van der Waals surface area contributed by atoms with Crippen molar-refractivity contribution in [2.24, 2.45) is 0 Å². The van der Waals surface area contributed by atoms with E-state index in [0.717, 1.165) is 11.0 Å². The van der Waals surface area contributed by atoms with E-state index >= 15 is 0 Å². The number of furan rings is 2. The Bertz CT molecular complexity index is 874. The molecule has 0 saturated carbocycles. The summed E-state index contributed by atoms with van der Waals surface area (Å²) < 4.78 is 16.4. The Morgan fingerprint density at radius 1 is 1.00 bits per heavy atom. The van der Waals surface area contributed by atoms with Crippen molar-refractivity contribution >= 4 is 22.6 Å². The maximum atomic E-state index is 5.94. The second-order valence-corrected chi connectivity index (χ2v) is 4.74. The third kappa shape index (κ3) is 1.82. The van der Waals surface area contributed by atoms with Crippen LogP contribution in [0.25, 0.3) is 34.1 Å². The summed E-state index contributed by atoms with van der Waals surface area (Å²) in [5.41, 5.74) is 1.33. The van der Waals surface area contributed by atoms with Gasteiger partial charge in [0.25, 0.3) is 5.89 Å². The average Bonchev–Trinajstić information content (AvgIpc) is 3.17. The first-order valence-corrected chi connectivity index (χ1v) is 6.36. The standard InChI is InChI=1S/C15H8ClNO3/c16-10-4-3-9-6-14(20-13(9)7-10)11-8-19-15(17-11)12-2-1-5-18-12/h1-8H. The van der Waals surface area contributed by atoms with Crippen LogP contribution in [0.4, 0.5) is 0 Å². The molecule has 3 heterocycles. The summed E-state index contributed by atoms with van der Waals surface area (Å²) in [7, 11) is 0. The number of oxazole rings is 1. The van der Waals surface area contributed by atoms with E-state index in [2.05, 4.69) is 4.98 Å². The van der Waals surface area contributed by atoms with E-state index in [1.54, 1.807) is 24.5 Å². The second-order valence-electron chi connectivity index (χ2n) is 4.31. The lowest BCUT2D eigenvalue weighted by Gasteiger charge is -1.88. The predicted octanol–water partition coefficient (Wildman–Crippen LogP) is 5.00. The minimum Gasteiger partial charge on any atom is -0.459 e. The lowest BCUT2D eigenvalue weighted by Crippen LogP contribution is -1.74. The molecule has 0 unspecified atom stereocenters. The molecular formula is C15H8ClNO3. The average molecular weight is 286 g/mol. The van der Waals surface area contributed by atoms with E-state index in [1.165, 1.54) is 6.26 Å². The van der Waals surface area contributed by atoms with Gasteiger partial charge in [0.1, 0.15) is 17.5 Å². The largest absolute Gasteiger partial charge is 0.459 e. The monoisotopic (exact) mass is 285 g/mol. The fraction of sp³-hybridized carbons (Fsp3) is 0. The molecule has 0 atom stereocenters. The van der Waals surface area contributed by atoms with Gasteiger partial charge in [0.15, 0.2) is 11.5 Å². The van der Waals surface area contributed by atoms with E-state index in [1.807, 2.05) is 18.2 Å². The fourth-order valence-electron chi connectivity index (χ4n) is 2.03. The van der Waals surface area contributed by atoms with E-state index in [4.69, 9.17) is 24.9 Å². The summed E-state index contributed by atoms with van der Waals surface area (Å²) in [5.74, 6) is 1.63. The topological polar surface area (TPSA) is 52.3 Å². The van der Waals surface area contributed by atoms with E-state index in [0.29, 0.717) is 28.1 Å². The highest BCUT2D eigenvalue weighted by Gasteiger charge is 2.14. The van der Waals surface area contributed by atoms with Crippen LogP contribution in [0, 0.1) is 0 Å². The molecule has 0 bridgehead atoms. The van der Waals surface area contributed by atoms with Gasteiger partial charge in [0.05, 0.1) is 6.26 Å². The van der Waals surface area contributed by atoms with Gasteiger partial charge >= 0.3 is 0 Å². The Morgan fingerprint density at radius 3 is 2.80 bits per heavy atom. The molecule has 0 saturated heterocycles. The minimum atomic E-state index is 0.420. The minimum absolute atomic E-state index is 0.420. The van der Waals surface area contributed by atoms with Gasteiger partial charge in [-0.3, -0.25) is 0 Å². The van der Waals surface area contributed by atoms with Gasteiger partial charge in [0.2, 0.25) is 0 Å². The summed E-state index contributed by atoms with van der Waals surface area (Å²) >= 11 is 5.94. The molecule has 0 radical (unpaired) electrons. The summed E-state index contributed by atoms with van der Waals surface area (Å²) in [4.78, 5) is 4.35. The van der Waals surface area contributed by atoms with Crippen LogP contribution in [0.1, 0.15) is 0 Å². The van der Waals surface area contributed by atoms with Crippen LogP contribution in [-0.4, -0.2) is 4.98 Å². The third-order valence-corrected chi connectivity index (χ3v) is 3.21. The van der Waals surface area contributed by atoms with Gasteiger partial charge in [0, 0.05) is 16.5 Å². The molecule has 98 valence electrons. The Kier molecular flexibility index (Phi) is 2.44. The van der Waals surface area contributed by atoms with Crippen LogP contribution in [0.15, 0.2) is 62.2 Å². The van der Waals surface area contributed by atoms with Crippen LogP contribution in [0.3, 0.4) is 0 Å². The number of rotatable bonds is 2. The van der Waals surface area contributed by atoms with E-state index < -0.39 is 0 Å². The van der Waals surface area contributed by atoms with Crippen molar-refractivity contribution < 1.29 is 13.3 Å². The number of aromatic nitrogens is 1. The normalized spacial score (nSPS) is 11.2. The maximum Gasteiger partial charge on any atom is 0.263 e. The smallest absolute Gasteiger partial charge is 0.263 e. The van der Waals surface area contributed by atoms with Gasteiger partial charge in [-0.1, -0.05) is 11.6 Å². The molecule has 4 aromatic rings. The first-order valence-electron chi connectivity index (χ1n) is 5.98. The predicted molar refractivity (Wildman–Crippen MR) is 74.4 cm³/mol. The summed E-state index contributed by atoms with van der Waals surface area (Å²) in [5, 5.41) is 1.60. The van der Waals surface area contributed by atoms with E-state index in [9.17, 15) is 0 Å². The highest BCUT2D eigenvalue weighted by atomic mass is 35.5. The van der Waals surface area contributed by atoms with Gasteiger partial charge in [-0.15, -0.1) is 0 Å². The molecule has 4 rings (SSSR count). The Morgan fingerprint density at radius 2 is 1.95 bits per heavy atom. The SMILES string of the molecule is Clc1ccc2cc(-c3coc(-c4ccco4)n3)oc2c1. The third-order valence-electron chi connectivity index (χ3n) is 2.97. The molecular weight excluding hydrogens is 278 g/mol. The van der Waals surface area contributed by atoms with Gasteiger partial charge in [-0.25, -0.2) is 4.98 Å². The first kappa shape index (κ1) is 11.4. The van der Waals surface area contributed by atoms with Crippen molar-refractivity contribution in [3.05, 3.63) is 53.9 Å². The van der Waals surface area contributed by atoms with Crippen molar-refractivity contribution in [3.8, 4) is 23.1 Å². The summed E-state index contributed by atoms with van der Waals surface area (Å²) in [6.07, 6.45) is 3.11. The summed E-state index contributed by atoms with van der Waals surface area (Å²) in [6.45, 7) is 0. The fourth-order valence-corrected chi connectivity index (χ4v) is 2.19. The molecule has 0 amide bonds. The number of halogens is 1. The molecule has 0 aliphatic carbocycles. The van der Waals surface area contributed by atoms with Crippen LogP contribution in [0.5, 0.6) is 0 Å². The van der Waals surface area contributed by atoms with Crippen molar-refractivity contribution in [2.75, 3.05) is 0 Å². The maximum absolute atomic E-state index is 5.94. The van der Waals surface area contributed by atoms with Crippen LogP contribution >= 0.6 is 11.6 Å². The quantitative estimate of drug-likeness (QED) is 0.520. The molecule has 0 fully saturated rings. The molecule has 5 heteroatoms. The number of hydrogen-bond acceptors (Lipinski definition) is 4. The van der Waals surface area contributed by atoms with Crippen molar-refractivity contribution in [1.29, 1.82) is 0 Å². The van der Waals surface area contributed by atoms with Crippen LogP contribution in [-0.2, 0) is 0 Å². The lowest BCUT2D eigenvalue weighted by atomic mass is 10.2. The Labute approximate surface area is 118 Å². The number of hydrogen-bond donors (Lipinski definition) is 0. The Balaban J connectivity index is 1.79. The zero-order chi connectivity index (χ0) is 13.5. The van der Waals surface area contributed by atoms with Gasteiger partial charge in [-0.05, 0) is 30.3 Å². The van der Waals surface area contributed by atoms with Gasteiger partial charge < -0.3 is 13.3 Å². The first-order chi connectivity index (χ1) is 9.79. The molecule has 4 nitrogen and oxygen atoms in total. The molecule has 0 spiro atoms. The highest BCUT2D eigenvalue weighted by molar-refractivity contribution is 6.31. The van der Waals surface area contributed by atoms with Crippen molar-refractivity contribution in [2.45, 2.75) is 0 Å². The van der Waals surface area contributed by atoms with Crippen LogP contribution in [0.2, 0.25) is 5.02 Å². The van der Waals surface area contributed by atoms with Gasteiger partial charge in [-0.2, -0.15) is 0 Å². The number of nitrogens with zero attached hydrogens (tertiary/aromatic N) is 1. The second kappa shape index (κ2) is 4.28. The van der Waals surface area contributed by atoms with Crippen molar-refractivity contribution in [1.82, 2.24) is 4.98 Å². The summed E-state index contributed by atoms with van der Waals surface area (Å²) in [6, 6.07) is 11.0. The zero-order valence-electron chi connectivity index (χ0n) is 10.2. The molecule has 0 N–H and O–H groups in total. The molecule has 1 aromatic carbocycles. The highest BCUT2D eigenvalue weighted by Crippen LogP contribution is 2.30. The molecule has 3 aromatic heterocycles. The molecule has 0 aliphatic heterocycles. The van der Waals surface area contributed by atoms with Crippen molar-refractivity contribution in [3.63, 3.8) is 0 Å². The van der Waals surface area contributed by atoms with E-state index in [-0.39, 0.29) is 0 Å². The Hall–Kier alpha value is -2.46. The number of benzene rings is 1. The molecule has 20 heavy (non-hydrogen) atoms. The zero-order valence-corrected chi connectivity index (χ0v) is 10.9. The molecule has 0 aliphatic rings. The number of fused-ring (bicyclic) bond motifs is 1. The lowest BCUT2D eigenvalue weighted by molar-refractivity contribution is 0.517. The van der Waals surface area contributed by atoms with Crippen LogP contribution < -0.4 is 0 Å².